The largest absolute Gasteiger partial charge is 0.0795 e. The maximum atomic E-state index is 2.30. The van der Waals surface area contributed by atoms with Gasteiger partial charge in [-0.25, -0.2) is 0 Å². The van der Waals surface area contributed by atoms with Crippen molar-refractivity contribution in [3.63, 3.8) is 0 Å². The third kappa shape index (κ3) is 1.98. The summed E-state index contributed by atoms with van der Waals surface area (Å²) in [7, 11) is 0. The first-order valence-corrected chi connectivity index (χ1v) is 8.36. The van der Waals surface area contributed by atoms with Gasteiger partial charge in [-0.05, 0) is 63.8 Å². The molecule has 23 heavy (non-hydrogen) atoms. The van der Waals surface area contributed by atoms with E-state index in [0.717, 1.165) is 19.3 Å². The lowest BCUT2D eigenvalue weighted by Crippen LogP contribution is -1.96. The molecule has 110 valence electrons. The molecule has 0 fully saturated rings. The molecule has 0 atom stereocenters. The van der Waals surface area contributed by atoms with Crippen LogP contribution < -0.4 is 0 Å². The van der Waals surface area contributed by atoms with Crippen LogP contribution in [-0.2, 0) is 19.3 Å². The summed E-state index contributed by atoms with van der Waals surface area (Å²) in [6, 6.07) is 22.4. The van der Waals surface area contributed by atoms with Crippen LogP contribution in [-0.4, -0.2) is 0 Å². The second-order valence-electron chi connectivity index (χ2n) is 6.56. The zero-order valence-electron chi connectivity index (χ0n) is 13.0. The first-order valence-electron chi connectivity index (χ1n) is 8.36. The number of allylic oxidation sites excluding steroid dienone is 1. The SMILES string of the molecule is C1=Cc2c(cccc2Cc2cccc3c2-c2ccccc2C3)C1. The van der Waals surface area contributed by atoms with E-state index in [0.29, 0.717) is 0 Å². The van der Waals surface area contributed by atoms with Crippen LogP contribution in [0.25, 0.3) is 17.2 Å². The van der Waals surface area contributed by atoms with E-state index in [1.165, 1.54) is 44.5 Å². The Labute approximate surface area is 137 Å². The Balaban J connectivity index is 1.64. The fourth-order valence-corrected chi connectivity index (χ4v) is 4.14. The number of rotatable bonds is 2. The predicted molar refractivity (Wildman–Crippen MR) is 96.7 cm³/mol. The Morgan fingerprint density at radius 3 is 2.43 bits per heavy atom. The zero-order chi connectivity index (χ0) is 15.2. The van der Waals surface area contributed by atoms with Crippen molar-refractivity contribution in [3.8, 4) is 11.1 Å². The smallest absolute Gasteiger partial charge is 0.00133 e. The minimum Gasteiger partial charge on any atom is -0.0795 e. The van der Waals surface area contributed by atoms with E-state index >= 15 is 0 Å². The monoisotopic (exact) mass is 294 g/mol. The first kappa shape index (κ1) is 12.9. The first-order chi connectivity index (χ1) is 11.4. The van der Waals surface area contributed by atoms with Crippen LogP contribution in [0.1, 0.15) is 33.4 Å². The van der Waals surface area contributed by atoms with Crippen LogP contribution in [0, 0.1) is 0 Å². The van der Waals surface area contributed by atoms with Gasteiger partial charge in [0.1, 0.15) is 0 Å². The summed E-state index contributed by atoms with van der Waals surface area (Å²) in [6.07, 6.45) is 7.75. The summed E-state index contributed by atoms with van der Waals surface area (Å²) >= 11 is 0. The molecule has 2 aliphatic carbocycles. The molecule has 0 bridgehead atoms. The van der Waals surface area contributed by atoms with Crippen molar-refractivity contribution in [3.05, 3.63) is 100 Å². The van der Waals surface area contributed by atoms with Crippen molar-refractivity contribution in [2.24, 2.45) is 0 Å². The van der Waals surface area contributed by atoms with Crippen LogP contribution in [0.2, 0.25) is 0 Å². The molecule has 0 aromatic heterocycles. The summed E-state index contributed by atoms with van der Waals surface area (Å²) < 4.78 is 0. The molecular formula is C23H18. The minimum absolute atomic E-state index is 1.02. The highest BCUT2D eigenvalue weighted by Crippen LogP contribution is 2.40. The molecule has 3 aromatic rings. The van der Waals surface area contributed by atoms with Crippen molar-refractivity contribution in [1.29, 1.82) is 0 Å². The molecule has 0 unspecified atom stereocenters. The second-order valence-corrected chi connectivity index (χ2v) is 6.56. The van der Waals surface area contributed by atoms with Crippen LogP contribution in [0.4, 0.5) is 0 Å². The Hall–Kier alpha value is -2.60. The van der Waals surface area contributed by atoms with Gasteiger partial charge < -0.3 is 0 Å². The maximum Gasteiger partial charge on any atom is -0.00133 e. The molecule has 0 heteroatoms. The predicted octanol–water partition coefficient (Wildman–Crippen LogP) is 5.42. The van der Waals surface area contributed by atoms with E-state index in [1.807, 2.05) is 0 Å². The van der Waals surface area contributed by atoms with Gasteiger partial charge >= 0.3 is 0 Å². The van der Waals surface area contributed by atoms with Crippen LogP contribution >= 0.6 is 0 Å². The van der Waals surface area contributed by atoms with Crippen molar-refractivity contribution < 1.29 is 0 Å². The van der Waals surface area contributed by atoms with E-state index in [1.54, 1.807) is 0 Å². The van der Waals surface area contributed by atoms with Gasteiger partial charge in [0.25, 0.3) is 0 Å². The summed E-state index contributed by atoms with van der Waals surface area (Å²) in [6.45, 7) is 0. The topological polar surface area (TPSA) is 0 Å². The molecule has 5 rings (SSSR count). The van der Waals surface area contributed by atoms with E-state index in [2.05, 4.69) is 72.8 Å². The Bertz CT molecular complexity index is 944. The number of benzene rings is 3. The molecule has 0 spiro atoms. The third-order valence-electron chi connectivity index (χ3n) is 5.19. The molecule has 0 heterocycles. The van der Waals surface area contributed by atoms with Gasteiger partial charge in [-0.15, -0.1) is 0 Å². The Morgan fingerprint density at radius 2 is 1.48 bits per heavy atom. The minimum atomic E-state index is 1.02. The molecule has 2 aliphatic rings. The lowest BCUT2D eigenvalue weighted by Gasteiger charge is -2.12. The standard InChI is InChI=1S/C23H18/c1-2-12-22-18(6-1)15-20-11-4-10-19(23(20)22)14-17-9-3-7-16-8-5-13-21(16)17/h1-7,9-13H,8,14-15H2. The normalized spacial score (nSPS) is 13.7. The highest BCUT2D eigenvalue weighted by Gasteiger charge is 2.21. The van der Waals surface area contributed by atoms with Gasteiger partial charge in [0, 0.05) is 0 Å². The molecule has 0 nitrogen and oxygen atoms in total. The average molecular weight is 294 g/mol. The van der Waals surface area contributed by atoms with E-state index in [-0.39, 0.29) is 0 Å². The van der Waals surface area contributed by atoms with Gasteiger partial charge in [0.15, 0.2) is 0 Å². The highest BCUT2D eigenvalue weighted by atomic mass is 14.2. The van der Waals surface area contributed by atoms with Gasteiger partial charge in [-0.2, -0.15) is 0 Å². The number of fused-ring (bicyclic) bond motifs is 4. The number of hydrogen-bond donors (Lipinski definition) is 0. The van der Waals surface area contributed by atoms with Gasteiger partial charge in [0.05, 0.1) is 0 Å². The summed E-state index contributed by atoms with van der Waals surface area (Å²) in [4.78, 5) is 0. The van der Waals surface area contributed by atoms with Crippen molar-refractivity contribution in [2.45, 2.75) is 19.3 Å². The average Bonchev–Trinajstić information content (AvgIpc) is 3.20. The molecule has 0 saturated heterocycles. The molecule has 0 radical (unpaired) electrons. The molecule has 0 N–H and O–H groups in total. The molecule has 0 amide bonds. The Kier molecular flexibility index (Phi) is 2.78. The van der Waals surface area contributed by atoms with Gasteiger partial charge in [-0.3, -0.25) is 0 Å². The van der Waals surface area contributed by atoms with Crippen LogP contribution in [0.5, 0.6) is 0 Å². The third-order valence-corrected chi connectivity index (χ3v) is 5.19. The fraction of sp³-hybridized carbons (Fsp3) is 0.130. The summed E-state index contributed by atoms with van der Waals surface area (Å²) in [5, 5.41) is 0. The van der Waals surface area contributed by atoms with E-state index < -0.39 is 0 Å². The molecular weight excluding hydrogens is 276 g/mol. The summed E-state index contributed by atoms with van der Waals surface area (Å²) in [5.74, 6) is 0. The van der Waals surface area contributed by atoms with Crippen molar-refractivity contribution in [1.82, 2.24) is 0 Å². The van der Waals surface area contributed by atoms with Crippen LogP contribution in [0.3, 0.4) is 0 Å². The zero-order valence-corrected chi connectivity index (χ0v) is 13.0. The van der Waals surface area contributed by atoms with E-state index in [4.69, 9.17) is 0 Å². The maximum absolute atomic E-state index is 2.30. The summed E-state index contributed by atoms with van der Waals surface area (Å²) in [5.41, 5.74) is 11.7. The molecule has 0 saturated carbocycles. The van der Waals surface area contributed by atoms with Gasteiger partial charge in [-0.1, -0.05) is 72.8 Å². The lowest BCUT2D eigenvalue weighted by atomic mass is 9.92. The molecule has 3 aromatic carbocycles. The highest BCUT2D eigenvalue weighted by molar-refractivity contribution is 5.80. The Morgan fingerprint density at radius 1 is 0.696 bits per heavy atom. The van der Waals surface area contributed by atoms with Gasteiger partial charge in [0.2, 0.25) is 0 Å². The number of hydrogen-bond acceptors (Lipinski definition) is 0. The van der Waals surface area contributed by atoms with Crippen molar-refractivity contribution in [2.75, 3.05) is 0 Å². The molecule has 0 aliphatic heterocycles. The van der Waals surface area contributed by atoms with Crippen molar-refractivity contribution >= 4 is 6.08 Å². The second kappa shape index (κ2) is 4.96. The van der Waals surface area contributed by atoms with Crippen LogP contribution in [0.15, 0.2) is 66.7 Å². The van der Waals surface area contributed by atoms with E-state index in [9.17, 15) is 0 Å². The lowest BCUT2D eigenvalue weighted by molar-refractivity contribution is 1.16. The fourth-order valence-electron chi connectivity index (χ4n) is 4.14. The quantitative estimate of drug-likeness (QED) is 0.463.